The van der Waals surface area contributed by atoms with E-state index in [2.05, 4.69) is 5.32 Å². The van der Waals surface area contributed by atoms with Gasteiger partial charge in [-0.1, -0.05) is 30.3 Å². The van der Waals surface area contributed by atoms with E-state index in [-0.39, 0.29) is 5.91 Å². The highest BCUT2D eigenvalue weighted by molar-refractivity contribution is 5.75. The highest BCUT2D eigenvalue weighted by Gasteiger charge is 2.05. The summed E-state index contributed by atoms with van der Waals surface area (Å²) in [5.41, 5.74) is 2.14. The van der Waals surface area contributed by atoms with Gasteiger partial charge in [-0.3, -0.25) is 4.79 Å². The molecule has 2 aromatic rings. The third-order valence-corrected chi connectivity index (χ3v) is 3.47. The number of methoxy groups -OCH3 is 1. The molecule has 0 saturated carbocycles. The number of rotatable bonds is 8. The smallest absolute Gasteiger partial charge is 0.220 e. The van der Waals surface area contributed by atoms with Crippen LogP contribution in [0.25, 0.3) is 0 Å². The van der Waals surface area contributed by atoms with Gasteiger partial charge >= 0.3 is 0 Å². The second-order valence-electron chi connectivity index (χ2n) is 5.36. The van der Waals surface area contributed by atoms with Crippen molar-refractivity contribution in [3.05, 3.63) is 59.7 Å². The van der Waals surface area contributed by atoms with Crippen molar-refractivity contribution < 1.29 is 14.3 Å². The van der Waals surface area contributed by atoms with Gasteiger partial charge in [-0.25, -0.2) is 0 Å². The second-order valence-corrected chi connectivity index (χ2v) is 5.36. The van der Waals surface area contributed by atoms with Gasteiger partial charge in [-0.05, 0) is 37.1 Å². The third kappa shape index (κ3) is 5.66. The molecule has 0 bridgehead atoms. The number of nitrogens with one attached hydrogen (secondary N) is 1. The number of benzene rings is 2. The van der Waals surface area contributed by atoms with Crippen LogP contribution in [-0.4, -0.2) is 19.6 Å². The Morgan fingerprint density at radius 2 is 1.96 bits per heavy atom. The van der Waals surface area contributed by atoms with E-state index in [9.17, 15) is 4.79 Å². The predicted octanol–water partition coefficient (Wildman–Crippen LogP) is 3.48. The second kappa shape index (κ2) is 8.83. The number of para-hydroxylation sites is 1. The molecule has 0 spiro atoms. The first-order valence-electron chi connectivity index (χ1n) is 7.77. The summed E-state index contributed by atoms with van der Waals surface area (Å²) in [7, 11) is 1.63. The maximum Gasteiger partial charge on any atom is 0.220 e. The van der Waals surface area contributed by atoms with Crippen LogP contribution in [-0.2, 0) is 11.3 Å². The van der Waals surface area contributed by atoms with Crippen molar-refractivity contribution in [3.8, 4) is 11.5 Å². The molecule has 0 radical (unpaired) electrons. The average Bonchev–Trinajstić information content (AvgIpc) is 2.57. The molecule has 1 N–H and O–H groups in total. The molecule has 0 aromatic heterocycles. The van der Waals surface area contributed by atoms with E-state index in [4.69, 9.17) is 9.47 Å². The molecule has 0 fully saturated rings. The normalized spacial score (nSPS) is 10.2. The van der Waals surface area contributed by atoms with Crippen LogP contribution < -0.4 is 14.8 Å². The Kier molecular flexibility index (Phi) is 6.48. The van der Waals surface area contributed by atoms with Crippen LogP contribution in [0, 0.1) is 6.92 Å². The molecular formula is C19H23NO3. The fraction of sp³-hybridized carbons (Fsp3) is 0.316. The van der Waals surface area contributed by atoms with Gasteiger partial charge in [0.2, 0.25) is 5.91 Å². The van der Waals surface area contributed by atoms with Crippen molar-refractivity contribution >= 4 is 5.91 Å². The van der Waals surface area contributed by atoms with Gasteiger partial charge in [-0.15, -0.1) is 0 Å². The number of aryl methyl sites for hydroxylation is 1. The first kappa shape index (κ1) is 16.9. The average molecular weight is 313 g/mol. The maximum absolute atomic E-state index is 11.9. The van der Waals surface area contributed by atoms with E-state index in [0.717, 1.165) is 22.6 Å². The SMILES string of the molecule is COc1ccccc1CNC(=O)CCCOc1cccc(C)c1. The molecule has 0 aliphatic heterocycles. The molecular weight excluding hydrogens is 290 g/mol. The van der Waals surface area contributed by atoms with Crippen molar-refractivity contribution in [1.82, 2.24) is 5.32 Å². The summed E-state index contributed by atoms with van der Waals surface area (Å²) in [6.45, 7) is 3.03. The van der Waals surface area contributed by atoms with Crippen molar-refractivity contribution in [2.75, 3.05) is 13.7 Å². The zero-order valence-corrected chi connectivity index (χ0v) is 13.7. The number of hydrogen-bond donors (Lipinski definition) is 1. The van der Waals surface area contributed by atoms with Gasteiger partial charge in [0.05, 0.1) is 13.7 Å². The van der Waals surface area contributed by atoms with E-state index < -0.39 is 0 Å². The standard InChI is InChI=1S/C19H23NO3/c1-15-7-5-9-17(13-15)23-12-6-11-19(21)20-14-16-8-3-4-10-18(16)22-2/h3-5,7-10,13H,6,11-12,14H2,1-2H3,(H,20,21). The van der Waals surface area contributed by atoms with Crippen molar-refractivity contribution in [2.24, 2.45) is 0 Å². The monoisotopic (exact) mass is 313 g/mol. The predicted molar refractivity (Wildman–Crippen MR) is 90.7 cm³/mol. The fourth-order valence-corrected chi connectivity index (χ4v) is 2.26. The van der Waals surface area contributed by atoms with E-state index in [1.165, 1.54) is 0 Å². The Labute approximate surface area is 137 Å². The van der Waals surface area contributed by atoms with Crippen LogP contribution in [0.3, 0.4) is 0 Å². The minimum atomic E-state index is 0.0174. The minimum Gasteiger partial charge on any atom is -0.496 e. The topological polar surface area (TPSA) is 47.6 Å². The van der Waals surface area contributed by atoms with Gasteiger partial charge in [-0.2, -0.15) is 0 Å². The van der Waals surface area contributed by atoms with Crippen LogP contribution in [0.4, 0.5) is 0 Å². The van der Waals surface area contributed by atoms with Gasteiger partial charge < -0.3 is 14.8 Å². The summed E-state index contributed by atoms with van der Waals surface area (Å²) in [6, 6.07) is 15.6. The lowest BCUT2D eigenvalue weighted by Gasteiger charge is -2.10. The fourth-order valence-electron chi connectivity index (χ4n) is 2.26. The summed E-state index contributed by atoms with van der Waals surface area (Å²) in [5, 5.41) is 2.91. The van der Waals surface area contributed by atoms with E-state index in [1.54, 1.807) is 7.11 Å². The number of carbonyl (C=O) groups is 1. The summed E-state index contributed by atoms with van der Waals surface area (Å²) < 4.78 is 10.9. The molecule has 0 heterocycles. The van der Waals surface area contributed by atoms with Crippen LogP contribution >= 0.6 is 0 Å². The molecule has 2 aromatic carbocycles. The van der Waals surface area contributed by atoms with E-state index in [1.807, 2.05) is 55.5 Å². The highest BCUT2D eigenvalue weighted by Crippen LogP contribution is 2.16. The number of hydrogen-bond acceptors (Lipinski definition) is 3. The molecule has 4 heteroatoms. The van der Waals surface area contributed by atoms with Crippen LogP contribution in [0.1, 0.15) is 24.0 Å². The minimum absolute atomic E-state index is 0.0174. The highest BCUT2D eigenvalue weighted by atomic mass is 16.5. The molecule has 0 aliphatic rings. The summed E-state index contributed by atoms with van der Waals surface area (Å²) >= 11 is 0. The molecule has 0 saturated heterocycles. The first-order valence-corrected chi connectivity index (χ1v) is 7.77. The van der Waals surface area contributed by atoms with Crippen LogP contribution in [0.15, 0.2) is 48.5 Å². The molecule has 122 valence electrons. The number of carbonyl (C=O) groups excluding carboxylic acids is 1. The Hall–Kier alpha value is -2.49. The first-order chi connectivity index (χ1) is 11.2. The van der Waals surface area contributed by atoms with E-state index in [0.29, 0.717) is 26.0 Å². The van der Waals surface area contributed by atoms with Gasteiger partial charge in [0, 0.05) is 18.5 Å². The maximum atomic E-state index is 11.9. The molecule has 0 aliphatic carbocycles. The van der Waals surface area contributed by atoms with Gasteiger partial charge in [0.1, 0.15) is 11.5 Å². The summed E-state index contributed by atoms with van der Waals surface area (Å²) in [5.74, 6) is 1.65. The van der Waals surface area contributed by atoms with Crippen molar-refractivity contribution in [1.29, 1.82) is 0 Å². The summed E-state index contributed by atoms with van der Waals surface area (Å²) in [4.78, 5) is 11.9. The molecule has 0 unspecified atom stereocenters. The Bertz CT molecular complexity index is 640. The molecule has 2 rings (SSSR count). The lowest BCUT2D eigenvalue weighted by Crippen LogP contribution is -2.23. The molecule has 4 nitrogen and oxygen atoms in total. The lowest BCUT2D eigenvalue weighted by molar-refractivity contribution is -0.121. The van der Waals surface area contributed by atoms with Gasteiger partial charge in [0.15, 0.2) is 0 Å². The quantitative estimate of drug-likeness (QED) is 0.759. The number of amides is 1. The number of ether oxygens (including phenoxy) is 2. The Morgan fingerprint density at radius 3 is 2.74 bits per heavy atom. The Morgan fingerprint density at radius 1 is 1.13 bits per heavy atom. The molecule has 1 amide bonds. The van der Waals surface area contributed by atoms with E-state index >= 15 is 0 Å². The van der Waals surface area contributed by atoms with Crippen molar-refractivity contribution in [2.45, 2.75) is 26.3 Å². The molecule has 0 atom stereocenters. The zero-order chi connectivity index (χ0) is 16.5. The third-order valence-electron chi connectivity index (χ3n) is 3.47. The van der Waals surface area contributed by atoms with Crippen LogP contribution in [0.5, 0.6) is 11.5 Å². The summed E-state index contributed by atoms with van der Waals surface area (Å²) in [6.07, 6.45) is 1.13. The van der Waals surface area contributed by atoms with Gasteiger partial charge in [0.25, 0.3) is 0 Å². The lowest BCUT2D eigenvalue weighted by atomic mass is 10.2. The largest absolute Gasteiger partial charge is 0.496 e. The molecule has 23 heavy (non-hydrogen) atoms. The van der Waals surface area contributed by atoms with Crippen LogP contribution in [0.2, 0.25) is 0 Å². The zero-order valence-electron chi connectivity index (χ0n) is 13.7. The Balaban J connectivity index is 1.67. The van der Waals surface area contributed by atoms with Crippen molar-refractivity contribution in [3.63, 3.8) is 0 Å².